The Hall–Kier alpha value is -3.12. The van der Waals surface area contributed by atoms with E-state index in [-0.39, 0.29) is 63.0 Å². The fourth-order valence-electron chi connectivity index (χ4n) is 6.13. The molecule has 10 heteroatoms. The summed E-state index contributed by atoms with van der Waals surface area (Å²) >= 11 is 0. The Morgan fingerprint density at radius 2 is 1.67 bits per heavy atom. The average Bonchev–Trinajstić information content (AvgIpc) is 3.47. The SMILES string of the molecule is CCCc1nc(C)n(-c2ccc(OC3CCC(C)(O)CC3)cc2)c(=O)c1Cc1ccc(-c2ccccc2-c2noc(=O)[nH]2)cc1.[KH]. The van der Waals surface area contributed by atoms with Gasteiger partial charge in [0.1, 0.15) is 11.6 Å². The molecule has 2 N–H and O–H groups in total. The topological polar surface area (TPSA) is 123 Å². The van der Waals surface area contributed by atoms with E-state index in [1.54, 1.807) is 4.57 Å². The van der Waals surface area contributed by atoms with Crippen LogP contribution in [0.15, 0.2) is 86.9 Å². The second kappa shape index (κ2) is 14.7. The summed E-state index contributed by atoms with van der Waals surface area (Å²) in [6.07, 6.45) is 5.21. The van der Waals surface area contributed by atoms with Crippen LogP contribution in [0.2, 0.25) is 0 Å². The van der Waals surface area contributed by atoms with Crippen LogP contribution in [0.1, 0.15) is 68.6 Å². The van der Waals surface area contributed by atoms with Crippen molar-refractivity contribution in [3.8, 4) is 34.0 Å². The number of rotatable bonds is 9. The summed E-state index contributed by atoms with van der Waals surface area (Å²) in [6.45, 7) is 5.84. The third-order valence-electron chi connectivity index (χ3n) is 8.59. The molecule has 5 aromatic rings. The Morgan fingerprint density at radius 1 is 1.00 bits per heavy atom. The van der Waals surface area contributed by atoms with E-state index in [4.69, 9.17) is 14.2 Å². The first-order chi connectivity index (χ1) is 21.7. The minimum absolute atomic E-state index is 0. The first-order valence-electron chi connectivity index (χ1n) is 15.6. The van der Waals surface area contributed by atoms with Crippen molar-refractivity contribution in [2.75, 3.05) is 0 Å². The average molecular weight is 647 g/mol. The zero-order valence-electron chi connectivity index (χ0n) is 25.9. The van der Waals surface area contributed by atoms with E-state index in [1.807, 2.05) is 86.6 Å². The van der Waals surface area contributed by atoms with Gasteiger partial charge in [0.15, 0.2) is 5.82 Å². The number of nitrogens with one attached hydrogen (secondary N) is 1. The molecule has 0 aliphatic heterocycles. The zero-order chi connectivity index (χ0) is 31.6. The second-order valence-corrected chi connectivity index (χ2v) is 12.1. The summed E-state index contributed by atoms with van der Waals surface area (Å²) in [5, 5.41) is 14.1. The molecular weight excluding hydrogens is 608 g/mol. The van der Waals surface area contributed by atoms with Gasteiger partial charge in [-0.3, -0.25) is 18.9 Å². The van der Waals surface area contributed by atoms with E-state index >= 15 is 0 Å². The van der Waals surface area contributed by atoms with E-state index in [0.29, 0.717) is 30.1 Å². The van der Waals surface area contributed by atoms with Crippen molar-refractivity contribution in [2.45, 2.75) is 77.4 Å². The molecule has 1 fully saturated rings. The number of aromatic amines is 1. The summed E-state index contributed by atoms with van der Waals surface area (Å²) in [5.41, 5.74) is 5.19. The number of hydrogen-bond acceptors (Lipinski definition) is 7. The Morgan fingerprint density at radius 3 is 2.30 bits per heavy atom. The maximum absolute atomic E-state index is 14.1. The molecule has 0 spiro atoms. The van der Waals surface area contributed by atoms with Crippen molar-refractivity contribution in [3.05, 3.63) is 116 Å². The first kappa shape index (κ1) is 34.2. The zero-order valence-corrected chi connectivity index (χ0v) is 25.9. The van der Waals surface area contributed by atoms with Crippen molar-refractivity contribution < 1.29 is 14.4 Å². The van der Waals surface area contributed by atoms with Crippen LogP contribution in [-0.4, -0.2) is 87.9 Å². The van der Waals surface area contributed by atoms with Crippen LogP contribution >= 0.6 is 0 Å². The van der Waals surface area contributed by atoms with Gasteiger partial charge < -0.3 is 9.84 Å². The molecule has 46 heavy (non-hydrogen) atoms. The van der Waals surface area contributed by atoms with E-state index in [1.165, 1.54) is 0 Å². The third-order valence-corrected chi connectivity index (χ3v) is 8.59. The molecule has 0 amide bonds. The molecule has 1 saturated carbocycles. The van der Waals surface area contributed by atoms with Gasteiger partial charge in [0.05, 0.1) is 23.1 Å². The van der Waals surface area contributed by atoms with Gasteiger partial charge in [0.2, 0.25) is 0 Å². The van der Waals surface area contributed by atoms with Gasteiger partial charge in [-0.05, 0) is 86.9 Å². The van der Waals surface area contributed by atoms with Crippen LogP contribution in [0.4, 0.5) is 0 Å². The summed E-state index contributed by atoms with van der Waals surface area (Å²) in [6, 6.07) is 23.3. The normalized spacial score (nSPS) is 17.8. The van der Waals surface area contributed by atoms with Gasteiger partial charge >= 0.3 is 57.1 Å². The van der Waals surface area contributed by atoms with Gasteiger partial charge in [-0.2, -0.15) is 0 Å². The van der Waals surface area contributed by atoms with E-state index < -0.39 is 11.4 Å². The van der Waals surface area contributed by atoms with E-state index in [9.17, 15) is 14.7 Å². The van der Waals surface area contributed by atoms with Crippen molar-refractivity contribution in [2.24, 2.45) is 0 Å². The van der Waals surface area contributed by atoms with Gasteiger partial charge in [0.25, 0.3) is 5.56 Å². The summed E-state index contributed by atoms with van der Waals surface area (Å²) in [7, 11) is 0. The molecule has 0 atom stereocenters. The number of aliphatic hydroxyl groups is 1. The number of ether oxygens (including phenoxy) is 1. The van der Waals surface area contributed by atoms with Crippen molar-refractivity contribution in [1.82, 2.24) is 19.7 Å². The molecule has 0 bridgehead atoms. The molecule has 9 nitrogen and oxygen atoms in total. The Kier molecular flexibility index (Phi) is 11.0. The summed E-state index contributed by atoms with van der Waals surface area (Å²) < 4.78 is 12.6. The monoisotopic (exact) mass is 646 g/mol. The quantitative estimate of drug-likeness (QED) is 0.202. The molecule has 0 saturated heterocycles. The minimum atomic E-state index is -0.606. The van der Waals surface area contributed by atoms with Gasteiger partial charge in [-0.1, -0.05) is 67.0 Å². The van der Waals surface area contributed by atoms with Crippen LogP contribution in [-0.2, 0) is 12.8 Å². The maximum atomic E-state index is 14.1. The number of nitrogens with zero attached hydrogens (tertiary/aromatic N) is 3. The molecule has 234 valence electrons. The molecule has 2 aromatic heterocycles. The van der Waals surface area contributed by atoms with Crippen LogP contribution in [0, 0.1) is 6.92 Å². The first-order valence-corrected chi connectivity index (χ1v) is 15.6. The van der Waals surface area contributed by atoms with E-state index in [0.717, 1.165) is 71.5 Å². The number of H-pyrrole nitrogens is 1. The van der Waals surface area contributed by atoms with Gasteiger partial charge in [-0.15, -0.1) is 0 Å². The van der Waals surface area contributed by atoms with Crippen LogP contribution < -0.4 is 16.1 Å². The number of hydrogen-bond donors (Lipinski definition) is 2. The Labute approximate surface area is 310 Å². The molecule has 1 aliphatic rings. The van der Waals surface area contributed by atoms with Crippen molar-refractivity contribution >= 4 is 51.4 Å². The molecule has 6 rings (SSSR count). The van der Waals surface area contributed by atoms with Crippen molar-refractivity contribution in [1.29, 1.82) is 0 Å². The predicted octanol–water partition coefficient (Wildman–Crippen LogP) is 5.52. The summed E-state index contributed by atoms with van der Waals surface area (Å²) in [5.74, 6) is 1.17. The predicted molar refractivity (Wildman–Crippen MR) is 180 cm³/mol. The fourth-order valence-corrected chi connectivity index (χ4v) is 6.13. The second-order valence-electron chi connectivity index (χ2n) is 12.1. The molecule has 0 unspecified atom stereocenters. The van der Waals surface area contributed by atoms with Gasteiger partial charge in [0, 0.05) is 17.5 Å². The third kappa shape index (κ3) is 7.70. The molecule has 0 radical (unpaired) electrons. The number of benzene rings is 3. The molecular formula is C36H39KN4O5. The summed E-state index contributed by atoms with van der Waals surface area (Å²) in [4.78, 5) is 33.1. The Balaban J connectivity index is 0.00000417. The van der Waals surface area contributed by atoms with Gasteiger partial charge in [-0.25, -0.2) is 9.78 Å². The molecule has 2 heterocycles. The number of aromatic nitrogens is 4. The van der Waals surface area contributed by atoms with Crippen LogP contribution in [0.25, 0.3) is 28.2 Å². The standard InChI is InChI=1S/C36H38N4O5.K.H/c1-4-7-32-31(22-24-10-12-25(13-11-24)29-8-5-6-9-30(29)33-38-35(42)45-39-33)34(41)40(23(2)37-32)26-14-16-27(17-15-26)44-28-18-20-36(3,43)21-19-28;;/h5-6,8-17,28,43H,4,7,18-22H2,1-3H3,(H,38,39,42);;. The van der Waals surface area contributed by atoms with Crippen LogP contribution in [0.3, 0.4) is 0 Å². The Bertz CT molecular complexity index is 1900. The molecule has 3 aromatic carbocycles. The fraction of sp³-hybridized carbons (Fsp3) is 0.333. The van der Waals surface area contributed by atoms with Crippen molar-refractivity contribution in [3.63, 3.8) is 0 Å². The number of aryl methyl sites for hydroxylation is 2. The van der Waals surface area contributed by atoms with Crippen LogP contribution in [0.5, 0.6) is 5.75 Å². The van der Waals surface area contributed by atoms with E-state index in [2.05, 4.69) is 17.1 Å². The molecule has 1 aliphatic carbocycles.